The van der Waals surface area contributed by atoms with Gasteiger partial charge in [-0.05, 0) is 70.1 Å². The molecule has 2 heterocycles. The van der Waals surface area contributed by atoms with Crippen molar-refractivity contribution in [2.24, 2.45) is 0 Å². The molecule has 0 amide bonds. The maximum absolute atomic E-state index is 5.46. The monoisotopic (exact) mass is 582 g/mol. The summed E-state index contributed by atoms with van der Waals surface area (Å²) in [5.74, 6) is 0.781. The first-order valence-electron chi connectivity index (χ1n) is 15.5. The second-order valence-electron chi connectivity index (χ2n) is 12.0. The highest BCUT2D eigenvalue weighted by Crippen LogP contribution is 2.53. The van der Waals surface area contributed by atoms with Gasteiger partial charge in [0.1, 0.15) is 0 Å². The average Bonchev–Trinajstić information content (AvgIpc) is 3.62. The first kappa shape index (κ1) is 25.6. The standard InChI is InChI=1S/C41H30N2S/c1-3-41(4-2)32-17-11-10-16-29(32)30-20-18-27(24-33(30)41)40-42-38(26-13-6-5-7-14-26)31-21-23-35-37(39(31)43-40)36-28-15-9-8-12-25(28)19-22-34(36)44-35/h5-24H,3-4H2,1-2H3. The number of aromatic nitrogens is 2. The molecule has 0 N–H and O–H groups in total. The van der Waals surface area contributed by atoms with Gasteiger partial charge in [-0.1, -0.05) is 111 Å². The number of rotatable bonds is 4. The lowest BCUT2D eigenvalue weighted by Crippen LogP contribution is -2.23. The van der Waals surface area contributed by atoms with Crippen LogP contribution in [0.15, 0.2) is 121 Å². The van der Waals surface area contributed by atoms with E-state index in [1.165, 1.54) is 53.2 Å². The molecule has 0 atom stereocenters. The Morgan fingerprint density at radius 2 is 1.30 bits per heavy atom. The van der Waals surface area contributed by atoms with Crippen LogP contribution >= 0.6 is 11.3 Å². The largest absolute Gasteiger partial charge is 0.227 e. The van der Waals surface area contributed by atoms with Crippen LogP contribution in [-0.4, -0.2) is 9.97 Å². The fourth-order valence-corrected chi connectivity index (χ4v) is 8.89. The molecule has 8 aromatic rings. The molecule has 0 fully saturated rings. The van der Waals surface area contributed by atoms with Gasteiger partial charge in [0, 0.05) is 42.1 Å². The number of thiophene rings is 1. The molecule has 2 aromatic heterocycles. The quantitative estimate of drug-likeness (QED) is 0.206. The van der Waals surface area contributed by atoms with Crippen molar-refractivity contribution in [2.75, 3.05) is 0 Å². The lowest BCUT2D eigenvalue weighted by atomic mass is 9.73. The van der Waals surface area contributed by atoms with Gasteiger partial charge in [0.15, 0.2) is 5.82 Å². The molecule has 0 bridgehead atoms. The Hall–Kier alpha value is -4.86. The molecule has 1 aliphatic rings. The van der Waals surface area contributed by atoms with Gasteiger partial charge >= 0.3 is 0 Å². The number of fused-ring (bicyclic) bond motifs is 10. The zero-order valence-electron chi connectivity index (χ0n) is 24.8. The van der Waals surface area contributed by atoms with Crippen molar-refractivity contribution in [2.45, 2.75) is 32.1 Å². The highest BCUT2D eigenvalue weighted by atomic mass is 32.1. The molecule has 0 spiro atoms. The van der Waals surface area contributed by atoms with E-state index in [-0.39, 0.29) is 5.41 Å². The minimum absolute atomic E-state index is 0.00319. The molecule has 2 nitrogen and oxygen atoms in total. The first-order valence-corrected chi connectivity index (χ1v) is 16.4. The zero-order chi connectivity index (χ0) is 29.4. The SMILES string of the molecule is CCC1(CC)c2ccccc2-c2ccc(-c3nc(-c4ccccc4)c4ccc5sc6ccc7ccccc7c6c5c4n3)cc21. The van der Waals surface area contributed by atoms with E-state index in [4.69, 9.17) is 9.97 Å². The third-order valence-electron chi connectivity index (χ3n) is 9.97. The number of nitrogens with zero attached hydrogens (tertiary/aromatic N) is 2. The minimum Gasteiger partial charge on any atom is -0.227 e. The van der Waals surface area contributed by atoms with Crippen LogP contribution in [0.4, 0.5) is 0 Å². The Bertz CT molecular complexity index is 2410. The van der Waals surface area contributed by atoms with E-state index in [1.54, 1.807) is 0 Å². The lowest BCUT2D eigenvalue weighted by molar-refractivity contribution is 0.490. The smallest absolute Gasteiger partial charge is 0.160 e. The fraction of sp³-hybridized carbons (Fsp3) is 0.122. The van der Waals surface area contributed by atoms with E-state index in [9.17, 15) is 0 Å². The van der Waals surface area contributed by atoms with Gasteiger partial charge in [-0.3, -0.25) is 0 Å². The van der Waals surface area contributed by atoms with E-state index in [0.29, 0.717) is 0 Å². The van der Waals surface area contributed by atoms with E-state index in [1.807, 2.05) is 11.3 Å². The van der Waals surface area contributed by atoms with E-state index >= 15 is 0 Å². The third-order valence-corrected chi connectivity index (χ3v) is 11.1. The number of hydrogen-bond acceptors (Lipinski definition) is 3. The Labute approximate surface area is 260 Å². The van der Waals surface area contributed by atoms with Crippen LogP contribution in [0.25, 0.3) is 75.6 Å². The second kappa shape index (κ2) is 9.57. The van der Waals surface area contributed by atoms with Gasteiger partial charge in [-0.25, -0.2) is 9.97 Å². The van der Waals surface area contributed by atoms with Crippen LogP contribution in [0.3, 0.4) is 0 Å². The summed E-state index contributed by atoms with van der Waals surface area (Å²) in [5, 5.41) is 6.13. The van der Waals surface area contributed by atoms with E-state index in [2.05, 4.69) is 135 Å². The molecular formula is C41H30N2S. The summed E-state index contributed by atoms with van der Waals surface area (Å²) in [6.07, 6.45) is 2.11. The van der Waals surface area contributed by atoms with Crippen LogP contribution in [0, 0.1) is 0 Å². The summed E-state index contributed by atoms with van der Waals surface area (Å²) in [4.78, 5) is 10.8. The molecule has 0 saturated heterocycles. The Kier molecular flexibility index (Phi) is 5.57. The van der Waals surface area contributed by atoms with Gasteiger partial charge in [0.2, 0.25) is 0 Å². The normalized spacial score (nSPS) is 13.6. The predicted molar refractivity (Wildman–Crippen MR) is 188 cm³/mol. The third kappa shape index (κ3) is 3.48. The maximum atomic E-state index is 5.46. The number of benzene rings is 6. The lowest BCUT2D eigenvalue weighted by Gasteiger charge is -2.29. The number of hydrogen-bond donors (Lipinski definition) is 0. The highest BCUT2D eigenvalue weighted by Gasteiger charge is 2.40. The molecule has 0 radical (unpaired) electrons. The molecule has 3 heteroatoms. The Morgan fingerprint density at radius 1 is 0.568 bits per heavy atom. The van der Waals surface area contributed by atoms with Crippen molar-refractivity contribution >= 4 is 53.2 Å². The van der Waals surface area contributed by atoms with Crippen LogP contribution in [0.5, 0.6) is 0 Å². The Balaban J connectivity index is 1.38. The van der Waals surface area contributed by atoms with Crippen LogP contribution in [-0.2, 0) is 5.41 Å². The van der Waals surface area contributed by atoms with Gasteiger partial charge in [0.05, 0.1) is 11.2 Å². The zero-order valence-corrected chi connectivity index (χ0v) is 25.6. The minimum atomic E-state index is -0.00319. The summed E-state index contributed by atoms with van der Waals surface area (Å²) >= 11 is 1.85. The summed E-state index contributed by atoms with van der Waals surface area (Å²) < 4.78 is 2.55. The first-order chi connectivity index (χ1) is 21.7. The molecular weight excluding hydrogens is 553 g/mol. The van der Waals surface area contributed by atoms with Crippen LogP contribution < -0.4 is 0 Å². The Morgan fingerprint density at radius 3 is 2.16 bits per heavy atom. The van der Waals surface area contributed by atoms with Gasteiger partial charge in [0.25, 0.3) is 0 Å². The van der Waals surface area contributed by atoms with Crippen LogP contribution in [0.2, 0.25) is 0 Å². The molecule has 0 unspecified atom stereocenters. The van der Waals surface area contributed by atoms with Gasteiger partial charge in [-0.2, -0.15) is 0 Å². The van der Waals surface area contributed by atoms with Crippen LogP contribution in [0.1, 0.15) is 37.8 Å². The summed E-state index contributed by atoms with van der Waals surface area (Å²) in [6.45, 7) is 4.65. The van der Waals surface area contributed by atoms with Gasteiger partial charge < -0.3 is 0 Å². The van der Waals surface area contributed by atoms with Crippen molar-refractivity contribution in [3.8, 4) is 33.8 Å². The molecule has 0 saturated carbocycles. The fourth-order valence-electron chi connectivity index (χ4n) is 7.77. The summed E-state index contributed by atoms with van der Waals surface area (Å²) in [5.41, 5.74) is 9.73. The molecule has 1 aliphatic carbocycles. The van der Waals surface area contributed by atoms with E-state index < -0.39 is 0 Å². The van der Waals surface area contributed by atoms with Crippen molar-refractivity contribution < 1.29 is 0 Å². The van der Waals surface area contributed by atoms with Crippen molar-refractivity contribution in [1.82, 2.24) is 9.97 Å². The van der Waals surface area contributed by atoms with E-state index in [0.717, 1.165) is 46.4 Å². The molecule has 210 valence electrons. The van der Waals surface area contributed by atoms with Crippen molar-refractivity contribution in [1.29, 1.82) is 0 Å². The maximum Gasteiger partial charge on any atom is 0.160 e. The average molecular weight is 583 g/mol. The predicted octanol–water partition coefficient (Wildman–Crippen LogP) is 11.6. The summed E-state index contributed by atoms with van der Waals surface area (Å²) in [6, 6.07) is 44.2. The summed E-state index contributed by atoms with van der Waals surface area (Å²) in [7, 11) is 0. The molecule has 0 aliphatic heterocycles. The van der Waals surface area contributed by atoms with Crippen molar-refractivity contribution in [3.63, 3.8) is 0 Å². The molecule has 9 rings (SSSR count). The second-order valence-corrected chi connectivity index (χ2v) is 13.0. The van der Waals surface area contributed by atoms with Crippen molar-refractivity contribution in [3.05, 3.63) is 132 Å². The highest BCUT2D eigenvalue weighted by molar-refractivity contribution is 7.26. The topological polar surface area (TPSA) is 25.8 Å². The molecule has 6 aromatic carbocycles. The molecule has 44 heavy (non-hydrogen) atoms. The van der Waals surface area contributed by atoms with Gasteiger partial charge in [-0.15, -0.1) is 11.3 Å².